The molecule has 1 aromatic rings. The number of nitrogens with zero attached hydrogens (tertiary/aromatic N) is 2. The summed E-state index contributed by atoms with van der Waals surface area (Å²) in [7, 11) is 1.62. The van der Waals surface area contributed by atoms with Gasteiger partial charge in [-0.2, -0.15) is 5.10 Å². The van der Waals surface area contributed by atoms with E-state index in [1.165, 1.54) is 12.8 Å². The van der Waals surface area contributed by atoms with Crippen molar-refractivity contribution in [3.8, 4) is 5.75 Å². The van der Waals surface area contributed by atoms with E-state index in [-0.39, 0.29) is 5.92 Å². The zero-order valence-electron chi connectivity index (χ0n) is 12.4. The zero-order valence-corrected chi connectivity index (χ0v) is 13.2. The molecule has 2 aliphatic rings. The molecule has 1 N–H and O–H groups in total. The molecule has 1 saturated carbocycles. The second kappa shape index (κ2) is 5.68. The molecule has 1 atom stereocenters. The summed E-state index contributed by atoms with van der Waals surface area (Å²) >= 11 is 6.20. The molecule has 0 aromatic heterocycles. The van der Waals surface area contributed by atoms with Crippen LogP contribution in [0.15, 0.2) is 23.3 Å². The van der Waals surface area contributed by atoms with Crippen LogP contribution in [0, 0.1) is 17.2 Å². The highest BCUT2D eigenvalue weighted by Gasteiger charge is 2.31. The van der Waals surface area contributed by atoms with Gasteiger partial charge in [-0.3, -0.25) is 10.4 Å². The Balaban J connectivity index is 1.87. The van der Waals surface area contributed by atoms with Crippen LogP contribution in [0.2, 0.25) is 5.02 Å². The lowest BCUT2D eigenvalue weighted by atomic mass is 9.98. The number of hydrazone groups is 1. The topological polar surface area (TPSA) is 48.7 Å². The van der Waals surface area contributed by atoms with Gasteiger partial charge in [0.25, 0.3) is 0 Å². The van der Waals surface area contributed by atoms with Gasteiger partial charge in [0.2, 0.25) is 0 Å². The van der Waals surface area contributed by atoms with Crippen molar-refractivity contribution in [3.63, 3.8) is 0 Å². The SMILES string of the molecule is COc1c(Cl)cccc1C1=NN(C(=N)CC2CC2)CC1C. The van der Waals surface area contributed by atoms with Crippen molar-refractivity contribution in [1.29, 1.82) is 5.41 Å². The van der Waals surface area contributed by atoms with E-state index < -0.39 is 0 Å². The Morgan fingerprint density at radius 2 is 2.24 bits per heavy atom. The van der Waals surface area contributed by atoms with Gasteiger partial charge in [-0.1, -0.05) is 24.6 Å². The summed E-state index contributed by atoms with van der Waals surface area (Å²) in [6.07, 6.45) is 3.35. The van der Waals surface area contributed by atoms with Crippen LogP contribution < -0.4 is 4.74 Å². The van der Waals surface area contributed by atoms with Crippen LogP contribution in [0.4, 0.5) is 0 Å². The summed E-state index contributed by atoms with van der Waals surface area (Å²) in [6.45, 7) is 2.89. The fourth-order valence-corrected chi connectivity index (χ4v) is 2.98. The number of hydrogen-bond acceptors (Lipinski definition) is 3. The van der Waals surface area contributed by atoms with E-state index in [4.69, 9.17) is 21.7 Å². The first-order valence-corrected chi connectivity index (χ1v) is 7.74. The van der Waals surface area contributed by atoms with Crippen LogP contribution in [0.5, 0.6) is 5.75 Å². The highest BCUT2D eigenvalue weighted by atomic mass is 35.5. The average Bonchev–Trinajstić information content (AvgIpc) is 3.18. The van der Waals surface area contributed by atoms with Crippen molar-refractivity contribution in [2.45, 2.75) is 26.2 Å². The maximum atomic E-state index is 8.20. The lowest BCUT2D eigenvalue weighted by Gasteiger charge is -2.14. The molecule has 0 radical (unpaired) electrons. The van der Waals surface area contributed by atoms with Gasteiger partial charge in [-0.15, -0.1) is 0 Å². The monoisotopic (exact) mass is 305 g/mol. The first kappa shape index (κ1) is 14.4. The van der Waals surface area contributed by atoms with Crippen molar-refractivity contribution in [2.75, 3.05) is 13.7 Å². The van der Waals surface area contributed by atoms with Crippen molar-refractivity contribution in [1.82, 2.24) is 5.01 Å². The molecule has 1 unspecified atom stereocenters. The van der Waals surface area contributed by atoms with Gasteiger partial charge in [-0.05, 0) is 30.9 Å². The molecule has 0 spiro atoms. The molecular weight excluding hydrogens is 286 g/mol. The number of halogens is 1. The number of benzene rings is 1. The Kier molecular flexibility index (Phi) is 3.89. The average molecular weight is 306 g/mol. The van der Waals surface area contributed by atoms with Crippen molar-refractivity contribution in [2.24, 2.45) is 16.9 Å². The summed E-state index contributed by atoms with van der Waals surface area (Å²) < 4.78 is 5.42. The van der Waals surface area contributed by atoms with Crippen LogP contribution in [0.1, 0.15) is 31.7 Å². The maximum absolute atomic E-state index is 8.20. The number of ether oxygens (including phenoxy) is 1. The molecule has 0 amide bonds. The lowest BCUT2D eigenvalue weighted by Crippen LogP contribution is -2.25. The molecule has 3 rings (SSSR count). The molecule has 1 aromatic carbocycles. The van der Waals surface area contributed by atoms with Crippen LogP contribution in [-0.2, 0) is 0 Å². The van der Waals surface area contributed by atoms with Gasteiger partial charge in [-0.25, -0.2) is 0 Å². The highest BCUT2D eigenvalue weighted by Crippen LogP contribution is 2.35. The summed E-state index contributed by atoms with van der Waals surface area (Å²) in [5.41, 5.74) is 1.88. The van der Waals surface area contributed by atoms with E-state index in [0.717, 1.165) is 24.2 Å². The largest absolute Gasteiger partial charge is 0.494 e. The van der Waals surface area contributed by atoms with Gasteiger partial charge < -0.3 is 4.74 Å². The summed E-state index contributed by atoms with van der Waals surface area (Å²) in [5, 5.41) is 15.3. The molecular formula is C16H20ClN3O. The minimum absolute atomic E-state index is 0.261. The molecule has 1 aliphatic carbocycles. The number of para-hydroxylation sites is 1. The maximum Gasteiger partial charge on any atom is 0.146 e. The van der Waals surface area contributed by atoms with Gasteiger partial charge in [0.05, 0.1) is 24.4 Å². The Bertz CT molecular complexity index is 595. The summed E-state index contributed by atoms with van der Waals surface area (Å²) in [4.78, 5) is 0. The molecule has 0 bridgehead atoms. The standard InChI is InChI=1S/C16H20ClN3O/c1-10-9-20(14(18)8-11-6-7-11)19-15(10)12-4-3-5-13(17)16(12)21-2/h3-5,10-11,18H,6-9H2,1-2H3. The fourth-order valence-electron chi connectivity index (χ4n) is 2.72. The number of amidine groups is 1. The number of methoxy groups -OCH3 is 1. The minimum Gasteiger partial charge on any atom is -0.494 e. The fraction of sp³-hybridized carbons (Fsp3) is 0.500. The van der Waals surface area contributed by atoms with Crippen LogP contribution in [0.25, 0.3) is 0 Å². The highest BCUT2D eigenvalue weighted by molar-refractivity contribution is 6.32. The van der Waals surface area contributed by atoms with E-state index in [1.807, 2.05) is 23.2 Å². The zero-order chi connectivity index (χ0) is 15.0. The lowest BCUT2D eigenvalue weighted by molar-refractivity contribution is 0.414. The second-order valence-electron chi connectivity index (χ2n) is 5.88. The van der Waals surface area contributed by atoms with Crippen LogP contribution >= 0.6 is 11.6 Å². The van der Waals surface area contributed by atoms with Gasteiger partial charge in [0.1, 0.15) is 11.6 Å². The van der Waals surface area contributed by atoms with Crippen molar-refractivity contribution < 1.29 is 4.74 Å². The Morgan fingerprint density at radius 1 is 1.48 bits per heavy atom. The Hall–Kier alpha value is -1.55. The smallest absolute Gasteiger partial charge is 0.146 e. The Morgan fingerprint density at radius 3 is 2.90 bits per heavy atom. The summed E-state index contributed by atoms with van der Waals surface area (Å²) in [6, 6.07) is 5.71. The molecule has 21 heavy (non-hydrogen) atoms. The van der Waals surface area contributed by atoms with Crippen LogP contribution in [0.3, 0.4) is 0 Å². The number of nitrogens with one attached hydrogen (secondary N) is 1. The third-order valence-electron chi connectivity index (χ3n) is 4.08. The van der Waals surface area contributed by atoms with E-state index in [2.05, 4.69) is 12.0 Å². The van der Waals surface area contributed by atoms with E-state index >= 15 is 0 Å². The normalized spacial score (nSPS) is 21.4. The quantitative estimate of drug-likeness (QED) is 0.680. The van der Waals surface area contributed by atoms with Gasteiger partial charge in [0.15, 0.2) is 0 Å². The van der Waals surface area contributed by atoms with E-state index in [1.54, 1.807) is 7.11 Å². The molecule has 5 heteroatoms. The molecule has 1 fully saturated rings. The third-order valence-corrected chi connectivity index (χ3v) is 4.38. The Labute approximate surface area is 130 Å². The van der Waals surface area contributed by atoms with Gasteiger partial charge in [0, 0.05) is 17.9 Å². The van der Waals surface area contributed by atoms with E-state index in [0.29, 0.717) is 22.5 Å². The predicted molar refractivity (Wildman–Crippen MR) is 85.5 cm³/mol. The first-order valence-electron chi connectivity index (χ1n) is 7.36. The number of rotatable bonds is 4. The number of hydrogen-bond donors (Lipinski definition) is 1. The molecule has 1 aliphatic heterocycles. The van der Waals surface area contributed by atoms with E-state index in [9.17, 15) is 0 Å². The minimum atomic E-state index is 0.261. The molecule has 4 nitrogen and oxygen atoms in total. The predicted octanol–water partition coefficient (Wildman–Crippen LogP) is 3.78. The van der Waals surface area contributed by atoms with Crippen molar-refractivity contribution >= 4 is 23.1 Å². The molecule has 0 saturated heterocycles. The molecule has 112 valence electrons. The van der Waals surface area contributed by atoms with Crippen LogP contribution in [-0.4, -0.2) is 30.2 Å². The first-order chi connectivity index (χ1) is 10.1. The van der Waals surface area contributed by atoms with Gasteiger partial charge >= 0.3 is 0 Å². The van der Waals surface area contributed by atoms with Crippen molar-refractivity contribution in [3.05, 3.63) is 28.8 Å². The summed E-state index contributed by atoms with van der Waals surface area (Å²) in [5.74, 6) is 2.25. The molecule has 1 heterocycles. The third kappa shape index (κ3) is 2.91. The second-order valence-corrected chi connectivity index (χ2v) is 6.29.